The summed E-state index contributed by atoms with van der Waals surface area (Å²) < 4.78 is 17.5. The summed E-state index contributed by atoms with van der Waals surface area (Å²) in [5.74, 6) is 1.01. The van der Waals surface area contributed by atoms with E-state index in [1.54, 1.807) is 0 Å². The molecule has 0 N–H and O–H groups in total. The number of carbonyl (C=O) groups excluding carboxylic acids is 1. The van der Waals surface area contributed by atoms with E-state index in [0.717, 1.165) is 23.7 Å². The van der Waals surface area contributed by atoms with E-state index in [1.807, 2.05) is 22.4 Å². The fourth-order valence-corrected chi connectivity index (χ4v) is 6.40. The third kappa shape index (κ3) is 4.02. The lowest BCUT2D eigenvalue weighted by Gasteiger charge is -2.44. The van der Waals surface area contributed by atoms with Crippen LogP contribution in [0.2, 0.25) is 0 Å². The first-order valence-electron chi connectivity index (χ1n) is 11.2. The molecule has 1 saturated carbocycles. The van der Waals surface area contributed by atoms with Gasteiger partial charge >= 0.3 is 0 Å². The van der Waals surface area contributed by atoms with Crippen LogP contribution in [0.1, 0.15) is 61.6 Å². The number of likely N-dealkylation sites (tertiary alicyclic amines) is 2. The monoisotopic (exact) mass is 428 g/mol. The molecule has 7 heteroatoms. The maximum atomic E-state index is 13.5. The third-order valence-corrected chi connectivity index (χ3v) is 7.95. The molecule has 30 heavy (non-hydrogen) atoms. The van der Waals surface area contributed by atoms with Gasteiger partial charge in [-0.2, -0.15) is 0 Å². The van der Waals surface area contributed by atoms with E-state index in [2.05, 4.69) is 14.5 Å². The highest BCUT2D eigenvalue weighted by Crippen LogP contribution is 2.40. The van der Waals surface area contributed by atoms with Gasteiger partial charge in [0.15, 0.2) is 0 Å². The number of halogens is 1. The van der Waals surface area contributed by atoms with E-state index in [4.69, 9.17) is 0 Å². The molecule has 5 rings (SSSR count). The number of fused-ring (bicyclic) bond motifs is 1. The molecule has 160 valence electrons. The standard InChI is InChI=1S/C23H29FN4OS/c24-18-9-7-16(8-10-18)19-12-28(13-20(19)21-15-30-26-25-21)23(29)14-27-11-3-5-17-4-1-2-6-22(17)27/h7-10,15,17,19-20,22H,1-6,11-14H2/t17-,19+,20-,22+/m1/s1. The van der Waals surface area contributed by atoms with E-state index < -0.39 is 0 Å². The second-order valence-corrected chi connectivity index (χ2v) is 9.73. The largest absolute Gasteiger partial charge is 0.340 e. The van der Waals surface area contributed by atoms with Crippen molar-refractivity contribution in [3.63, 3.8) is 0 Å². The van der Waals surface area contributed by atoms with Crippen molar-refractivity contribution in [2.24, 2.45) is 5.92 Å². The van der Waals surface area contributed by atoms with Crippen LogP contribution >= 0.6 is 11.5 Å². The van der Waals surface area contributed by atoms with Crippen LogP contribution in [-0.4, -0.2) is 57.5 Å². The van der Waals surface area contributed by atoms with E-state index >= 15 is 0 Å². The van der Waals surface area contributed by atoms with E-state index in [9.17, 15) is 9.18 Å². The van der Waals surface area contributed by atoms with Crippen molar-refractivity contribution in [3.05, 3.63) is 46.7 Å². The molecule has 1 aliphatic carbocycles. The van der Waals surface area contributed by atoms with Crippen molar-refractivity contribution in [1.82, 2.24) is 19.4 Å². The molecule has 1 aromatic carbocycles. The molecule has 0 bridgehead atoms. The smallest absolute Gasteiger partial charge is 0.236 e. The van der Waals surface area contributed by atoms with Gasteiger partial charge in [-0.15, -0.1) is 5.10 Å². The first-order chi connectivity index (χ1) is 14.7. The van der Waals surface area contributed by atoms with Crippen LogP contribution in [0.25, 0.3) is 0 Å². The zero-order valence-corrected chi connectivity index (χ0v) is 18.1. The number of nitrogens with zero attached hydrogens (tertiary/aromatic N) is 4. The Morgan fingerprint density at radius 1 is 1.07 bits per heavy atom. The molecule has 3 heterocycles. The topological polar surface area (TPSA) is 49.3 Å². The number of piperidine rings is 1. The van der Waals surface area contributed by atoms with Crippen molar-refractivity contribution < 1.29 is 9.18 Å². The van der Waals surface area contributed by atoms with Gasteiger partial charge in [-0.05, 0) is 67.4 Å². The minimum absolute atomic E-state index is 0.113. The van der Waals surface area contributed by atoms with Gasteiger partial charge in [0.25, 0.3) is 0 Å². The number of hydrogen-bond donors (Lipinski definition) is 0. The molecule has 3 aliphatic rings. The molecular formula is C23H29FN4OS. The van der Waals surface area contributed by atoms with Gasteiger partial charge in [0.2, 0.25) is 5.91 Å². The summed E-state index contributed by atoms with van der Waals surface area (Å²) in [5.41, 5.74) is 2.00. The van der Waals surface area contributed by atoms with Crippen LogP contribution in [0, 0.1) is 11.7 Å². The average molecular weight is 429 g/mol. The quantitative estimate of drug-likeness (QED) is 0.737. The van der Waals surface area contributed by atoms with Crippen LogP contribution in [-0.2, 0) is 4.79 Å². The van der Waals surface area contributed by atoms with Crippen LogP contribution in [0.5, 0.6) is 0 Å². The Kier molecular flexibility index (Phi) is 5.83. The number of hydrogen-bond acceptors (Lipinski definition) is 5. The highest BCUT2D eigenvalue weighted by molar-refractivity contribution is 7.03. The average Bonchev–Trinajstić information content (AvgIpc) is 3.45. The fraction of sp³-hybridized carbons (Fsp3) is 0.609. The van der Waals surface area contributed by atoms with Gasteiger partial charge in [0.05, 0.1) is 12.2 Å². The zero-order chi connectivity index (χ0) is 20.5. The normalized spacial score (nSPS) is 29.7. The van der Waals surface area contributed by atoms with Crippen molar-refractivity contribution in [2.45, 2.75) is 56.4 Å². The van der Waals surface area contributed by atoms with Crippen LogP contribution in [0.3, 0.4) is 0 Å². The van der Waals surface area contributed by atoms with Gasteiger partial charge in [-0.1, -0.05) is 29.5 Å². The molecule has 0 radical (unpaired) electrons. The van der Waals surface area contributed by atoms with Crippen molar-refractivity contribution >= 4 is 17.4 Å². The van der Waals surface area contributed by atoms with Gasteiger partial charge < -0.3 is 4.90 Å². The van der Waals surface area contributed by atoms with Crippen LogP contribution < -0.4 is 0 Å². The predicted octanol–water partition coefficient (Wildman–Crippen LogP) is 4.04. The van der Waals surface area contributed by atoms with Crippen molar-refractivity contribution in [3.8, 4) is 0 Å². The lowest BCUT2D eigenvalue weighted by Crippen LogP contribution is -2.50. The minimum Gasteiger partial charge on any atom is -0.340 e. The SMILES string of the molecule is O=C(CN1CCC[C@H]2CCCC[C@@H]21)N1C[C@@H](c2ccc(F)cc2)[C@H](c2csnn2)C1. The lowest BCUT2D eigenvalue weighted by atomic mass is 9.78. The Labute approximate surface area is 181 Å². The maximum absolute atomic E-state index is 13.5. The first-order valence-corrected chi connectivity index (χ1v) is 12.1. The Morgan fingerprint density at radius 3 is 2.63 bits per heavy atom. The molecule has 5 nitrogen and oxygen atoms in total. The Morgan fingerprint density at radius 2 is 1.83 bits per heavy atom. The Hall–Kier alpha value is -1.86. The maximum Gasteiger partial charge on any atom is 0.236 e. The first kappa shape index (κ1) is 20.1. The number of aromatic nitrogens is 2. The van der Waals surface area contributed by atoms with Crippen molar-refractivity contribution in [1.29, 1.82) is 0 Å². The summed E-state index contributed by atoms with van der Waals surface area (Å²) >= 11 is 1.34. The summed E-state index contributed by atoms with van der Waals surface area (Å²) in [6.07, 6.45) is 7.73. The molecule has 2 aliphatic heterocycles. The summed E-state index contributed by atoms with van der Waals surface area (Å²) in [6, 6.07) is 7.29. The Bertz CT molecular complexity index is 857. The van der Waals surface area contributed by atoms with Crippen LogP contribution in [0.4, 0.5) is 4.39 Å². The summed E-state index contributed by atoms with van der Waals surface area (Å²) in [7, 11) is 0. The predicted molar refractivity (Wildman–Crippen MR) is 115 cm³/mol. The number of benzene rings is 1. The van der Waals surface area contributed by atoms with Gasteiger partial charge in [-0.3, -0.25) is 9.69 Å². The second-order valence-electron chi connectivity index (χ2n) is 9.12. The summed E-state index contributed by atoms with van der Waals surface area (Å²) in [5, 5.41) is 6.28. The molecule has 2 aromatic rings. The van der Waals surface area contributed by atoms with E-state index in [-0.39, 0.29) is 23.6 Å². The lowest BCUT2D eigenvalue weighted by molar-refractivity contribution is -0.133. The highest BCUT2D eigenvalue weighted by atomic mass is 32.1. The van der Waals surface area contributed by atoms with Gasteiger partial charge in [0.1, 0.15) is 5.82 Å². The molecule has 0 spiro atoms. The fourth-order valence-electron chi connectivity index (χ4n) is 5.89. The zero-order valence-electron chi connectivity index (χ0n) is 17.3. The number of amides is 1. The summed E-state index contributed by atoms with van der Waals surface area (Å²) in [4.78, 5) is 17.8. The molecule has 4 atom stereocenters. The number of carbonyl (C=O) groups is 1. The van der Waals surface area contributed by atoms with E-state index in [0.29, 0.717) is 25.7 Å². The Balaban J connectivity index is 1.32. The van der Waals surface area contributed by atoms with Gasteiger partial charge in [0, 0.05) is 36.3 Å². The molecule has 2 saturated heterocycles. The number of rotatable bonds is 4. The molecular weight excluding hydrogens is 399 g/mol. The third-order valence-electron chi connectivity index (χ3n) is 7.42. The van der Waals surface area contributed by atoms with Crippen molar-refractivity contribution in [2.75, 3.05) is 26.2 Å². The molecule has 3 fully saturated rings. The van der Waals surface area contributed by atoms with E-state index in [1.165, 1.54) is 62.2 Å². The summed E-state index contributed by atoms with van der Waals surface area (Å²) in [6.45, 7) is 2.89. The molecule has 1 aromatic heterocycles. The second kappa shape index (κ2) is 8.71. The molecule has 0 unspecified atom stereocenters. The van der Waals surface area contributed by atoms with Crippen LogP contribution in [0.15, 0.2) is 29.6 Å². The highest BCUT2D eigenvalue weighted by Gasteiger charge is 2.40. The van der Waals surface area contributed by atoms with Gasteiger partial charge in [-0.25, -0.2) is 4.39 Å². The molecule has 1 amide bonds. The minimum atomic E-state index is -0.233.